The normalized spacial score (nSPS) is 28.0. The van der Waals surface area contributed by atoms with Crippen molar-refractivity contribution in [3.8, 4) is 6.07 Å². The van der Waals surface area contributed by atoms with Crippen molar-refractivity contribution in [1.82, 2.24) is 4.90 Å². The van der Waals surface area contributed by atoms with Crippen molar-refractivity contribution < 1.29 is 4.74 Å². The van der Waals surface area contributed by atoms with Crippen LogP contribution in [-0.2, 0) is 4.74 Å². The highest BCUT2D eigenvalue weighted by molar-refractivity contribution is 5.12. The van der Waals surface area contributed by atoms with Crippen molar-refractivity contribution in [2.75, 3.05) is 32.8 Å². The number of hydrogen-bond acceptors (Lipinski definition) is 4. The van der Waals surface area contributed by atoms with Gasteiger partial charge < -0.3 is 10.5 Å². The van der Waals surface area contributed by atoms with Gasteiger partial charge in [0.15, 0.2) is 0 Å². The molecule has 0 atom stereocenters. The summed E-state index contributed by atoms with van der Waals surface area (Å²) in [5, 5.41) is 9.26. The minimum absolute atomic E-state index is 0.246. The average Bonchev–Trinajstić information content (AvgIpc) is 2.18. The van der Waals surface area contributed by atoms with Crippen LogP contribution >= 0.6 is 0 Å². The van der Waals surface area contributed by atoms with Gasteiger partial charge in [-0.15, -0.1) is 0 Å². The molecule has 0 aromatic heterocycles. The van der Waals surface area contributed by atoms with E-state index in [9.17, 15) is 5.26 Å². The predicted octanol–water partition coefficient (Wildman–Crippen LogP) is -0.0503. The Kier molecular flexibility index (Phi) is 2.73. The molecule has 2 saturated heterocycles. The zero-order valence-electron chi connectivity index (χ0n) is 8.41. The van der Waals surface area contributed by atoms with Crippen LogP contribution in [0.15, 0.2) is 0 Å². The van der Waals surface area contributed by atoms with Crippen LogP contribution in [0.1, 0.15) is 12.8 Å². The van der Waals surface area contributed by atoms with Gasteiger partial charge in [-0.3, -0.25) is 4.90 Å². The maximum Gasteiger partial charge on any atom is 0.113 e. The second-order valence-electron chi connectivity index (χ2n) is 4.26. The first-order chi connectivity index (χ1) is 6.80. The van der Waals surface area contributed by atoms with Gasteiger partial charge in [-0.1, -0.05) is 0 Å². The molecule has 2 rings (SSSR count). The standard InChI is InChI=1S/C10H17N3O/c11-5-9-6-13(7-9)10(8-12)1-3-14-4-2-10/h9H,1-7,11H2. The fraction of sp³-hybridized carbons (Fsp3) is 0.900. The molecule has 4 nitrogen and oxygen atoms in total. The van der Waals surface area contributed by atoms with Crippen LogP contribution in [0.4, 0.5) is 0 Å². The van der Waals surface area contributed by atoms with Gasteiger partial charge in [-0.2, -0.15) is 5.26 Å². The van der Waals surface area contributed by atoms with E-state index in [1.54, 1.807) is 0 Å². The molecule has 0 amide bonds. The molecule has 0 aromatic rings. The molecule has 0 aliphatic carbocycles. The molecule has 2 heterocycles. The molecule has 0 spiro atoms. The highest BCUT2D eigenvalue weighted by Crippen LogP contribution is 2.33. The van der Waals surface area contributed by atoms with Crippen LogP contribution < -0.4 is 5.73 Å². The summed E-state index contributed by atoms with van der Waals surface area (Å²) in [6.07, 6.45) is 1.70. The third-order valence-corrected chi connectivity index (χ3v) is 3.42. The molecule has 2 aliphatic heterocycles. The molecule has 0 bridgehead atoms. The lowest BCUT2D eigenvalue weighted by molar-refractivity contribution is -0.0480. The SMILES string of the molecule is N#CC1(N2CC(CN)C2)CCOCC1. The second-order valence-corrected chi connectivity index (χ2v) is 4.26. The molecule has 0 aromatic carbocycles. The van der Waals surface area contributed by atoms with Crippen molar-refractivity contribution in [2.24, 2.45) is 11.7 Å². The lowest BCUT2D eigenvalue weighted by Crippen LogP contribution is -2.62. The van der Waals surface area contributed by atoms with E-state index in [1.807, 2.05) is 0 Å². The first kappa shape index (κ1) is 9.91. The van der Waals surface area contributed by atoms with Gasteiger partial charge in [0.1, 0.15) is 5.54 Å². The number of likely N-dealkylation sites (tertiary alicyclic amines) is 1. The molecule has 14 heavy (non-hydrogen) atoms. The van der Waals surface area contributed by atoms with Gasteiger partial charge in [0.25, 0.3) is 0 Å². The van der Waals surface area contributed by atoms with E-state index in [0.29, 0.717) is 5.92 Å². The topological polar surface area (TPSA) is 62.3 Å². The fourth-order valence-corrected chi connectivity index (χ4v) is 2.28. The molecule has 2 N–H and O–H groups in total. The van der Waals surface area contributed by atoms with Gasteiger partial charge in [0.05, 0.1) is 6.07 Å². The Morgan fingerprint density at radius 1 is 1.43 bits per heavy atom. The minimum atomic E-state index is -0.246. The highest BCUT2D eigenvalue weighted by atomic mass is 16.5. The molecule has 2 fully saturated rings. The zero-order chi connectivity index (χ0) is 10.0. The van der Waals surface area contributed by atoms with Crippen LogP contribution in [0, 0.1) is 17.2 Å². The Balaban J connectivity index is 1.96. The second kappa shape index (κ2) is 3.85. The summed E-state index contributed by atoms with van der Waals surface area (Å²) in [6.45, 7) is 4.16. The first-order valence-electron chi connectivity index (χ1n) is 5.25. The maximum atomic E-state index is 9.26. The van der Waals surface area contributed by atoms with Crippen molar-refractivity contribution >= 4 is 0 Å². The van der Waals surface area contributed by atoms with E-state index in [2.05, 4.69) is 11.0 Å². The predicted molar refractivity (Wildman–Crippen MR) is 52.5 cm³/mol. The molecular weight excluding hydrogens is 178 g/mol. The lowest BCUT2D eigenvalue weighted by Gasteiger charge is -2.50. The molecule has 78 valence electrons. The lowest BCUT2D eigenvalue weighted by atomic mass is 9.84. The Morgan fingerprint density at radius 2 is 2.07 bits per heavy atom. The van der Waals surface area contributed by atoms with E-state index in [-0.39, 0.29) is 5.54 Å². The summed E-state index contributed by atoms with van der Waals surface area (Å²) < 4.78 is 5.30. The van der Waals surface area contributed by atoms with Crippen LogP contribution in [0.25, 0.3) is 0 Å². The number of nitrogens with two attached hydrogens (primary N) is 1. The van der Waals surface area contributed by atoms with Crippen LogP contribution in [0.5, 0.6) is 0 Å². The molecule has 4 heteroatoms. The maximum absolute atomic E-state index is 9.26. The fourth-order valence-electron chi connectivity index (χ4n) is 2.28. The van der Waals surface area contributed by atoms with Crippen LogP contribution in [0.3, 0.4) is 0 Å². The zero-order valence-corrected chi connectivity index (χ0v) is 8.41. The molecule has 0 unspecified atom stereocenters. The van der Waals surface area contributed by atoms with E-state index < -0.39 is 0 Å². The first-order valence-corrected chi connectivity index (χ1v) is 5.25. The van der Waals surface area contributed by atoms with Crippen LogP contribution in [-0.4, -0.2) is 43.3 Å². The van der Waals surface area contributed by atoms with E-state index in [0.717, 1.165) is 45.7 Å². The molecule has 0 radical (unpaired) electrons. The van der Waals surface area contributed by atoms with Crippen LogP contribution in [0.2, 0.25) is 0 Å². The average molecular weight is 195 g/mol. The monoisotopic (exact) mass is 195 g/mol. The summed E-state index contributed by atoms with van der Waals surface area (Å²) in [6, 6.07) is 2.47. The Labute approximate surface area is 84.6 Å². The summed E-state index contributed by atoms with van der Waals surface area (Å²) in [5.41, 5.74) is 5.33. The van der Waals surface area contributed by atoms with Gasteiger partial charge in [0.2, 0.25) is 0 Å². The number of nitriles is 1. The summed E-state index contributed by atoms with van der Waals surface area (Å²) in [7, 11) is 0. The smallest absolute Gasteiger partial charge is 0.113 e. The summed E-state index contributed by atoms with van der Waals surface area (Å²) >= 11 is 0. The van der Waals surface area contributed by atoms with Crippen molar-refractivity contribution in [3.05, 3.63) is 0 Å². The highest BCUT2D eigenvalue weighted by Gasteiger charge is 2.44. The number of hydrogen-bond donors (Lipinski definition) is 1. The van der Waals surface area contributed by atoms with E-state index >= 15 is 0 Å². The third-order valence-electron chi connectivity index (χ3n) is 3.42. The number of rotatable bonds is 2. The van der Waals surface area contributed by atoms with Gasteiger partial charge in [0, 0.05) is 39.1 Å². The Hall–Kier alpha value is -0.630. The summed E-state index contributed by atoms with van der Waals surface area (Å²) in [5.74, 6) is 0.600. The van der Waals surface area contributed by atoms with Crippen molar-refractivity contribution in [3.63, 3.8) is 0 Å². The van der Waals surface area contributed by atoms with Gasteiger partial charge in [-0.05, 0) is 12.5 Å². The van der Waals surface area contributed by atoms with Gasteiger partial charge in [-0.25, -0.2) is 0 Å². The number of ether oxygens (including phenoxy) is 1. The molecule has 2 aliphatic rings. The van der Waals surface area contributed by atoms with Crippen molar-refractivity contribution in [2.45, 2.75) is 18.4 Å². The minimum Gasteiger partial charge on any atom is -0.381 e. The summed E-state index contributed by atoms with van der Waals surface area (Å²) in [4.78, 5) is 2.27. The Bertz CT molecular complexity index is 236. The third kappa shape index (κ3) is 1.52. The van der Waals surface area contributed by atoms with E-state index in [1.165, 1.54) is 0 Å². The molecular formula is C10H17N3O. The van der Waals surface area contributed by atoms with Crippen molar-refractivity contribution in [1.29, 1.82) is 5.26 Å². The van der Waals surface area contributed by atoms with Gasteiger partial charge >= 0.3 is 0 Å². The molecule has 0 saturated carbocycles. The largest absolute Gasteiger partial charge is 0.381 e. The quantitative estimate of drug-likeness (QED) is 0.671. The van der Waals surface area contributed by atoms with E-state index in [4.69, 9.17) is 10.5 Å². The number of nitrogens with zero attached hydrogens (tertiary/aromatic N) is 2. The Morgan fingerprint density at radius 3 is 2.57 bits per heavy atom.